The van der Waals surface area contributed by atoms with Crippen molar-refractivity contribution in [3.63, 3.8) is 0 Å². The van der Waals surface area contributed by atoms with Crippen LogP contribution in [0.1, 0.15) is 25.3 Å². The summed E-state index contributed by atoms with van der Waals surface area (Å²) in [5.74, 6) is 1.84. The summed E-state index contributed by atoms with van der Waals surface area (Å²) in [7, 11) is 5.54. The Labute approximate surface area is 158 Å². The van der Waals surface area contributed by atoms with E-state index in [0.717, 1.165) is 62.6 Å². The largest absolute Gasteiger partial charge is 0.496 e. The number of aliphatic imine (C=N–C) groups is 1. The number of methoxy groups -OCH3 is 2. The van der Waals surface area contributed by atoms with Crippen LogP contribution >= 0.6 is 0 Å². The Bertz CT molecular complexity index is 560. The second-order valence-electron chi connectivity index (χ2n) is 6.66. The van der Waals surface area contributed by atoms with Crippen LogP contribution in [-0.2, 0) is 11.3 Å². The molecule has 2 rings (SSSR count). The molecule has 6 nitrogen and oxygen atoms in total. The molecule has 1 fully saturated rings. The van der Waals surface area contributed by atoms with Crippen LogP contribution in [0.15, 0.2) is 29.3 Å². The summed E-state index contributed by atoms with van der Waals surface area (Å²) in [6, 6.07) is 8.86. The van der Waals surface area contributed by atoms with Crippen LogP contribution in [-0.4, -0.2) is 75.9 Å². The molecule has 1 aliphatic carbocycles. The first-order valence-electron chi connectivity index (χ1n) is 9.53. The monoisotopic (exact) mass is 362 g/mol. The normalized spacial score (nSPS) is 14.6. The van der Waals surface area contributed by atoms with Gasteiger partial charge >= 0.3 is 0 Å². The minimum atomic E-state index is 0.731. The first-order chi connectivity index (χ1) is 12.7. The molecule has 1 aromatic carbocycles. The molecule has 1 aromatic rings. The molecule has 0 atom stereocenters. The van der Waals surface area contributed by atoms with E-state index < -0.39 is 0 Å². The van der Waals surface area contributed by atoms with Crippen LogP contribution in [0.5, 0.6) is 5.75 Å². The molecule has 0 spiro atoms. The van der Waals surface area contributed by atoms with Gasteiger partial charge in [0.15, 0.2) is 5.96 Å². The highest BCUT2D eigenvalue weighted by Gasteiger charge is 2.28. The van der Waals surface area contributed by atoms with Crippen LogP contribution in [0.25, 0.3) is 0 Å². The number of hydrogen-bond donors (Lipinski definition) is 1. The number of nitrogens with zero attached hydrogens (tertiary/aromatic N) is 3. The molecular formula is C20H34N4O2. The van der Waals surface area contributed by atoms with Crippen molar-refractivity contribution >= 4 is 5.96 Å². The summed E-state index contributed by atoms with van der Waals surface area (Å²) in [6.07, 6.45) is 2.61. The molecule has 1 saturated carbocycles. The molecule has 0 unspecified atom stereocenters. The summed E-state index contributed by atoms with van der Waals surface area (Å²) in [6.45, 7) is 7.25. The van der Waals surface area contributed by atoms with Crippen molar-refractivity contribution in [3.05, 3.63) is 29.8 Å². The fraction of sp³-hybridized carbons (Fsp3) is 0.650. The van der Waals surface area contributed by atoms with Gasteiger partial charge in [0, 0.05) is 51.9 Å². The van der Waals surface area contributed by atoms with Gasteiger partial charge in [-0.1, -0.05) is 18.2 Å². The summed E-state index contributed by atoms with van der Waals surface area (Å²) >= 11 is 0. The highest BCUT2D eigenvalue weighted by molar-refractivity contribution is 5.79. The second-order valence-corrected chi connectivity index (χ2v) is 6.66. The highest BCUT2D eigenvalue weighted by Crippen LogP contribution is 2.26. The number of rotatable bonds is 11. The SMILES string of the molecule is CCNC(=NCCN(CCOC)C1CC1)N(C)Cc1ccccc1OC. The van der Waals surface area contributed by atoms with E-state index in [-0.39, 0.29) is 0 Å². The first-order valence-corrected chi connectivity index (χ1v) is 9.53. The third-order valence-electron chi connectivity index (χ3n) is 4.59. The van der Waals surface area contributed by atoms with Crippen LogP contribution in [0.3, 0.4) is 0 Å². The number of ether oxygens (including phenoxy) is 2. The van der Waals surface area contributed by atoms with E-state index in [1.165, 1.54) is 12.8 Å². The number of hydrogen-bond acceptors (Lipinski definition) is 4. The zero-order valence-corrected chi connectivity index (χ0v) is 16.7. The van der Waals surface area contributed by atoms with E-state index in [0.29, 0.717) is 0 Å². The lowest BCUT2D eigenvalue weighted by molar-refractivity contribution is 0.145. The van der Waals surface area contributed by atoms with Gasteiger partial charge in [-0.3, -0.25) is 9.89 Å². The molecule has 0 aliphatic heterocycles. The van der Waals surface area contributed by atoms with Crippen LogP contribution in [0.4, 0.5) is 0 Å². The van der Waals surface area contributed by atoms with Gasteiger partial charge in [0.25, 0.3) is 0 Å². The Kier molecular flexibility index (Phi) is 8.71. The smallest absolute Gasteiger partial charge is 0.194 e. The maximum absolute atomic E-state index is 5.46. The summed E-state index contributed by atoms with van der Waals surface area (Å²) in [5.41, 5.74) is 1.16. The van der Waals surface area contributed by atoms with Gasteiger partial charge < -0.3 is 19.7 Å². The van der Waals surface area contributed by atoms with Gasteiger partial charge in [0.1, 0.15) is 5.75 Å². The van der Waals surface area contributed by atoms with Crippen molar-refractivity contribution in [2.75, 3.05) is 54.1 Å². The Morgan fingerprint density at radius 3 is 2.65 bits per heavy atom. The third kappa shape index (κ3) is 6.50. The van der Waals surface area contributed by atoms with Crippen molar-refractivity contribution < 1.29 is 9.47 Å². The van der Waals surface area contributed by atoms with E-state index in [1.54, 1.807) is 14.2 Å². The van der Waals surface area contributed by atoms with Gasteiger partial charge in [-0.25, -0.2) is 0 Å². The average Bonchev–Trinajstić information content (AvgIpc) is 3.49. The second kappa shape index (κ2) is 11.0. The lowest BCUT2D eigenvalue weighted by Crippen LogP contribution is -2.39. The molecule has 0 saturated heterocycles. The Morgan fingerprint density at radius 1 is 1.23 bits per heavy atom. The van der Waals surface area contributed by atoms with E-state index >= 15 is 0 Å². The number of benzene rings is 1. The molecule has 0 heterocycles. The van der Waals surface area contributed by atoms with Crippen molar-refractivity contribution in [3.8, 4) is 5.75 Å². The summed E-state index contributed by atoms with van der Waals surface area (Å²) in [5, 5.41) is 3.39. The van der Waals surface area contributed by atoms with Gasteiger partial charge in [-0.2, -0.15) is 0 Å². The lowest BCUT2D eigenvalue weighted by atomic mass is 10.2. The Hall–Kier alpha value is -1.79. The van der Waals surface area contributed by atoms with Crippen molar-refractivity contribution in [1.29, 1.82) is 0 Å². The molecule has 6 heteroatoms. The third-order valence-corrected chi connectivity index (χ3v) is 4.59. The van der Waals surface area contributed by atoms with E-state index in [2.05, 4.69) is 35.2 Å². The molecule has 1 N–H and O–H groups in total. The highest BCUT2D eigenvalue weighted by atomic mass is 16.5. The summed E-state index contributed by atoms with van der Waals surface area (Å²) in [4.78, 5) is 9.48. The fourth-order valence-corrected chi connectivity index (χ4v) is 3.04. The van der Waals surface area contributed by atoms with Gasteiger partial charge in [-0.15, -0.1) is 0 Å². The molecule has 0 radical (unpaired) electrons. The van der Waals surface area contributed by atoms with Crippen LogP contribution in [0, 0.1) is 0 Å². The maximum atomic E-state index is 5.46. The molecule has 26 heavy (non-hydrogen) atoms. The Balaban J connectivity index is 1.93. The van der Waals surface area contributed by atoms with E-state index in [9.17, 15) is 0 Å². The predicted octanol–water partition coefficient (Wildman–Crippen LogP) is 2.20. The molecule has 0 bridgehead atoms. The zero-order chi connectivity index (χ0) is 18.8. The quantitative estimate of drug-likeness (QED) is 0.483. The fourth-order valence-electron chi connectivity index (χ4n) is 3.04. The number of guanidine groups is 1. The van der Waals surface area contributed by atoms with Crippen molar-refractivity contribution in [2.45, 2.75) is 32.4 Å². The molecule has 0 amide bonds. The minimum absolute atomic E-state index is 0.731. The van der Waals surface area contributed by atoms with Crippen molar-refractivity contribution in [1.82, 2.24) is 15.1 Å². The first kappa shape index (κ1) is 20.5. The molecular weight excluding hydrogens is 328 g/mol. The zero-order valence-electron chi connectivity index (χ0n) is 16.7. The van der Waals surface area contributed by atoms with Crippen LogP contribution < -0.4 is 10.1 Å². The van der Waals surface area contributed by atoms with E-state index in [4.69, 9.17) is 14.5 Å². The minimum Gasteiger partial charge on any atom is -0.496 e. The standard InChI is InChI=1S/C20H34N4O2/c1-5-21-20(22-12-13-24(14-15-25-3)18-10-11-18)23(2)16-17-8-6-7-9-19(17)26-4/h6-9,18H,5,10-16H2,1-4H3,(H,21,22). The van der Waals surface area contributed by atoms with E-state index in [1.807, 2.05) is 18.2 Å². The maximum Gasteiger partial charge on any atom is 0.194 e. The predicted molar refractivity (Wildman–Crippen MR) is 107 cm³/mol. The van der Waals surface area contributed by atoms with Gasteiger partial charge in [-0.05, 0) is 25.8 Å². The molecule has 0 aromatic heterocycles. The van der Waals surface area contributed by atoms with Crippen molar-refractivity contribution in [2.24, 2.45) is 4.99 Å². The topological polar surface area (TPSA) is 49.3 Å². The Morgan fingerprint density at radius 2 is 2.00 bits per heavy atom. The molecule has 146 valence electrons. The number of nitrogens with one attached hydrogen (secondary N) is 1. The lowest BCUT2D eigenvalue weighted by Gasteiger charge is -2.24. The van der Waals surface area contributed by atoms with Crippen LogP contribution in [0.2, 0.25) is 0 Å². The van der Waals surface area contributed by atoms with Gasteiger partial charge in [0.05, 0.1) is 20.3 Å². The number of para-hydroxylation sites is 1. The summed E-state index contributed by atoms with van der Waals surface area (Å²) < 4.78 is 10.7. The average molecular weight is 363 g/mol. The molecule has 1 aliphatic rings. The van der Waals surface area contributed by atoms with Gasteiger partial charge in [0.2, 0.25) is 0 Å².